The molecular formula is C51H78FN7O11S. The van der Waals surface area contributed by atoms with Crippen molar-refractivity contribution in [1.29, 1.82) is 0 Å². The number of amides is 2. The van der Waals surface area contributed by atoms with E-state index in [0.717, 1.165) is 6.92 Å². The Morgan fingerprint density at radius 1 is 1.11 bits per heavy atom. The van der Waals surface area contributed by atoms with Crippen molar-refractivity contribution in [2.75, 3.05) is 26.0 Å². The standard InChI is InChI=1S/C51H78FN7O11S/c1-14-38-51(11,65)35-19-18-34(58-67-25-33-17-16-32(23-54-33)46-56-39(26-71-46)55-45(63)36(53)20-27(3)4)24-66-49(9,22-28(5)41(30(35)7)57-40(60)15-2)44(31(8)43(62)50(10,52)48(64)69-38)70-47-42(61)37(59(12)13)21-29(6)68-47/h16-17,23,26-31,35-38,42,44,47,61,65H,14-15,18-22,24-25,53H2,1-13H3,(H,55,63)/b57-41?,58-34+/t28-,29-,30-,31+,35-,36+,37+,38-,42-,44-,47+,49-,50+,51+/m1/s1. The molecule has 2 bridgehead atoms. The minimum atomic E-state index is -3.21. The Bertz CT molecular complexity index is 2220. The van der Waals surface area contributed by atoms with E-state index in [1.807, 2.05) is 59.7 Å². The number of nitrogens with two attached hydrogens (primary N) is 1. The van der Waals surface area contributed by atoms with Crippen LogP contribution in [0.3, 0.4) is 0 Å². The Kier molecular flexibility index (Phi) is 19.7. The van der Waals surface area contributed by atoms with Crippen molar-refractivity contribution in [3.63, 3.8) is 0 Å². The monoisotopic (exact) mass is 1020 g/mol. The zero-order chi connectivity index (χ0) is 52.7. The maximum atomic E-state index is 17.1. The number of nitrogens with zero attached hydrogens (tertiary/aromatic N) is 5. The number of hydrogen-bond donors (Lipinski definition) is 4. The molecule has 3 aliphatic rings. The number of anilines is 1. The number of likely N-dealkylation sites (N-methyl/N-ethyl adjacent to an activating group) is 1. The van der Waals surface area contributed by atoms with Crippen molar-refractivity contribution >= 4 is 52.1 Å². The lowest BCUT2D eigenvalue weighted by Gasteiger charge is -2.48. The second-order valence-electron chi connectivity index (χ2n) is 21.0. The number of aliphatic imine (C=N–C) groups is 1. The lowest BCUT2D eigenvalue weighted by molar-refractivity contribution is -0.296. The molecule has 2 amide bonds. The number of rotatable bonds is 13. The first-order valence-corrected chi connectivity index (χ1v) is 25.8. The SMILES string of the molecule is CCC(=O)N=C1[C@H](C)C[C@@]2(C)OC/C(=N/OCc3ccc(-c4nc(NC(=O)[C@@H](N)CC(C)C)cs4)cn3)CC[C@H]([C@H]1C)[C@](C)(O)[C@@H](CC)OC(=O)[C@@](C)(F)C(=O)[C@H](C)[C@H]2O[C@@H]1O[C@H](C)C[C@H](N(C)C)[C@H]1O. The zero-order valence-corrected chi connectivity index (χ0v) is 44.6. The topological polar surface area (TPSA) is 247 Å². The van der Waals surface area contributed by atoms with Gasteiger partial charge in [0, 0.05) is 47.2 Å². The molecule has 2 aromatic heterocycles. The van der Waals surface area contributed by atoms with Gasteiger partial charge < -0.3 is 49.9 Å². The molecule has 3 saturated heterocycles. The van der Waals surface area contributed by atoms with E-state index in [4.69, 9.17) is 29.5 Å². The van der Waals surface area contributed by atoms with E-state index in [1.165, 1.54) is 25.2 Å². The van der Waals surface area contributed by atoms with E-state index in [0.29, 0.717) is 46.3 Å². The average Bonchev–Trinajstić information content (AvgIpc) is 3.77. The Morgan fingerprint density at radius 3 is 2.44 bits per heavy atom. The number of ether oxygens (including phenoxy) is 4. The highest BCUT2D eigenvalue weighted by molar-refractivity contribution is 7.13. The number of nitrogens with one attached hydrogen (secondary N) is 1. The molecule has 0 radical (unpaired) electrons. The number of halogens is 1. The molecule has 14 atom stereocenters. The molecule has 396 valence electrons. The maximum absolute atomic E-state index is 17.1. The number of aromatic nitrogens is 2. The zero-order valence-electron chi connectivity index (χ0n) is 43.8. The Labute approximate surface area is 422 Å². The second kappa shape index (κ2) is 24.3. The number of aliphatic hydroxyl groups excluding tert-OH is 1. The number of carbonyl (C=O) groups excluding carboxylic acids is 4. The molecule has 0 aliphatic carbocycles. The normalized spacial score (nSPS) is 35.1. The van der Waals surface area contributed by atoms with Gasteiger partial charge in [-0.3, -0.25) is 19.4 Å². The summed E-state index contributed by atoms with van der Waals surface area (Å²) in [4.78, 5) is 76.1. The summed E-state index contributed by atoms with van der Waals surface area (Å²) in [5, 5.41) is 34.1. The van der Waals surface area contributed by atoms with Gasteiger partial charge in [-0.15, -0.1) is 11.3 Å². The van der Waals surface area contributed by atoms with Gasteiger partial charge in [-0.1, -0.05) is 53.6 Å². The minimum absolute atomic E-state index is 0.0352. The average molecular weight is 1020 g/mol. The Hall–Kier alpha value is -4.15. The number of oxime groups is 1. The van der Waals surface area contributed by atoms with Crippen molar-refractivity contribution < 1.29 is 57.6 Å². The molecule has 18 nitrogen and oxygen atoms in total. The van der Waals surface area contributed by atoms with Gasteiger partial charge in [0.25, 0.3) is 5.67 Å². The van der Waals surface area contributed by atoms with Crippen LogP contribution >= 0.6 is 11.3 Å². The molecule has 0 saturated carbocycles. The molecule has 2 aromatic rings. The van der Waals surface area contributed by atoms with Crippen LogP contribution < -0.4 is 11.1 Å². The van der Waals surface area contributed by atoms with Gasteiger partial charge in [0.05, 0.1) is 41.9 Å². The summed E-state index contributed by atoms with van der Waals surface area (Å²) in [6.45, 7) is 18.2. The Balaban J connectivity index is 1.57. The first kappa shape index (κ1) is 57.7. The summed E-state index contributed by atoms with van der Waals surface area (Å²) >= 11 is 1.34. The van der Waals surface area contributed by atoms with Gasteiger partial charge in [0.15, 0.2) is 18.7 Å². The molecular weight excluding hydrogens is 938 g/mol. The third-order valence-electron chi connectivity index (χ3n) is 14.3. The van der Waals surface area contributed by atoms with Crippen LogP contribution in [0.2, 0.25) is 0 Å². The van der Waals surface area contributed by atoms with Crippen molar-refractivity contribution in [2.24, 2.45) is 45.5 Å². The van der Waals surface area contributed by atoms with E-state index >= 15 is 4.39 Å². The van der Waals surface area contributed by atoms with Gasteiger partial charge in [0.2, 0.25) is 11.8 Å². The molecule has 5 N–H and O–H groups in total. The van der Waals surface area contributed by atoms with E-state index < -0.39 is 95.1 Å². The van der Waals surface area contributed by atoms with Crippen LogP contribution in [-0.4, -0.2) is 140 Å². The molecule has 3 aliphatic heterocycles. The fourth-order valence-electron chi connectivity index (χ4n) is 10.3. The summed E-state index contributed by atoms with van der Waals surface area (Å²) < 4.78 is 42.8. The summed E-state index contributed by atoms with van der Waals surface area (Å²) in [7, 11) is 3.64. The Morgan fingerprint density at radius 2 is 1.82 bits per heavy atom. The summed E-state index contributed by atoms with van der Waals surface area (Å²) in [5.41, 5.74) is 1.52. The number of Topliss-reactive ketones (excluding diaryl/α,β-unsaturated/α-hetero) is 1. The van der Waals surface area contributed by atoms with Gasteiger partial charge in [-0.05, 0) is 110 Å². The number of thiazole rings is 1. The number of ketones is 1. The van der Waals surface area contributed by atoms with Crippen LogP contribution in [0.25, 0.3) is 10.6 Å². The lowest BCUT2D eigenvalue weighted by Crippen LogP contribution is -2.61. The van der Waals surface area contributed by atoms with Crippen LogP contribution in [0.15, 0.2) is 33.9 Å². The third kappa shape index (κ3) is 13.9. The fourth-order valence-corrected chi connectivity index (χ4v) is 11.0. The van der Waals surface area contributed by atoms with Crippen LogP contribution in [0.5, 0.6) is 0 Å². The van der Waals surface area contributed by atoms with Crippen LogP contribution in [-0.2, 0) is 49.6 Å². The number of hydrogen-bond acceptors (Lipinski definition) is 17. The number of alkyl halides is 1. The first-order valence-electron chi connectivity index (χ1n) is 25.0. The van der Waals surface area contributed by atoms with Crippen molar-refractivity contribution in [3.05, 3.63) is 29.4 Å². The summed E-state index contributed by atoms with van der Waals surface area (Å²) in [6.07, 6.45) is -2.41. The number of esters is 1. The fraction of sp³-hybridized carbons (Fsp3) is 0.725. The summed E-state index contributed by atoms with van der Waals surface area (Å²) in [5.74, 6) is -6.10. The molecule has 0 aromatic carbocycles. The quantitative estimate of drug-likeness (QED) is 0.0957. The van der Waals surface area contributed by atoms with Gasteiger partial charge in [0.1, 0.15) is 28.6 Å². The predicted molar refractivity (Wildman–Crippen MR) is 268 cm³/mol. The van der Waals surface area contributed by atoms with E-state index in [1.54, 1.807) is 38.4 Å². The molecule has 71 heavy (non-hydrogen) atoms. The van der Waals surface area contributed by atoms with E-state index in [2.05, 4.69) is 25.4 Å². The first-order chi connectivity index (χ1) is 33.2. The van der Waals surface area contributed by atoms with Gasteiger partial charge >= 0.3 is 5.97 Å². The molecule has 5 heterocycles. The van der Waals surface area contributed by atoms with Crippen molar-refractivity contribution in [1.82, 2.24) is 14.9 Å². The highest BCUT2D eigenvalue weighted by Crippen LogP contribution is 2.43. The number of fused-ring (bicyclic) bond motifs is 5. The highest BCUT2D eigenvalue weighted by atomic mass is 32.1. The minimum Gasteiger partial charge on any atom is -0.457 e. The number of cyclic esters (lactones) is 1. The second-order valence-corrected chi connectivity index (χ2v) is 21.8. The third-order valence-corrected chi connectivity index (χ3v) is 15.2. The molecule has 0 unspecified atom stereocenters. The van der Waals surface area contributed by atoms with E-state index in [9.17, 15) is 29.4 Å². The number of pyridine rings is 1. The largest absolute Gasteiger partial charge is 0.457 e. The number of carbonyl (C=O) groups is 4. The predicted octanol–water partition coefficient (Wildman–Crippen LogP) is 6.45. The smallest absolute Gasteiger partial charge is 0.351 e. The van der Waals surface area contributed by atoms with Crippen LogP contribution in [0.4, 0.5) is 10.2 Å². The maximum Gasteiger partial charge on any atom is 0.351 e. The van der Waals surface area contributed by atoms with Gasteiger partial charge in [-0.25, -0.2) is 19.2 Å². The van der Waals surface area contributed by atoms with Gasteiger partial charge in [-0.2, -0.15) is 0 Å². The summed E-state index contributed by atoms with van der Waals surface area (Å²) in [6, 6.07) is 2.53. The lowest BCUT2D eigenvalue weighted by atomic mass is 9.68. The van der Waals surface area contributed by atoms with Crippen molar-refractivity contribution in [2.45, 2.75) is 187 Å². The molecule has 5 rings (SSSR count). The molecule has 0 spiro atoms. The highest BCUT2D eigenvalue weighted by Gasteiger charge is 2.56. The van der Waals surface area contributed by atoms with Crippen LogP contribution in [0, 0.1) is 29.6 Å². The van der Waals surface area contributed by atoms with Crippen molar-refractivity contribution in [3.8, 4) is 10.6 Å². The van der Waals surface area contributed by atoms with E-state index in [-0.39, 0.29) is 63.1 Å². The number of aliphatic hydroxyl groups is 2. The molecule has 20 heteroatoms. The van der Waals surface area contributed by atoms with Crippen LogP contribution in [0.1, 0.15) is 127 Å². The molecule has 3 fully saturated rings.